The van der Waals surface area contributed by atoms with E-state index >= 15 is 0 Å². The molecule has 0 radical (unpaired) electrons. The largest absolute Gasteiger partial charge is 0.497 e. The summed E-state index contributed by atoms with van der Waals surface area (Å²) < 4.78 is 5.10. The van der Waals surface area contributed by atoms with Gasteiger partial charge in [0.25, 0.3) is 0 Å². The van der Waals surface area contributed by atoms with E-state index in [9.17, 15) is 9.59 Å². The molecule has 0 saturated carbocycles. The highest BCUT2D eigenvalue weighted by molar-refractivity contribution is 7.13. The van der Waals surface area contributed by atoms with Crippen LogP contribution in [0.25, 0.3) is 0 Å². The van der Waals surface area contributed by atoms with Gasteiger partial charge in [-0.3, -0.25) is 10.1 Å². The highest BCUT2D eigenvalue weighted by Crippen LogP contribution is 2.19. The number of rotatable bonds is 10. The normalized spacial score (nSPS) is 10.4. The van der Waals surface area contributed by atoms with Crippen molar-refractivity contribution >= 4 is 39.8 Å². The van der Waals surface area contributed by atoms with Crippen molar-refractivity contribution in [1.82, 2.24) is 4.98 Å². The van der Waals surface area contributed by atoms with Crippen LogP contribution in [0, 0.1) is 0 Å². The van der Waals surface area contributed by atoms with E-state index < -0.39 is 0 Å². The first-order valence-electron chi connectivity index (χ1n) is 10.6. The first-order chi connectivity index (χ1) is 15.6. The Morgan fingerprint density at radius 2 is 1.62 bits per heavy atom. The van der Waals surface area contributed by atoms with Gasteiger partial charge in [-0.25, -0.2) is 9.78 Å². The van der Waals surface area contributed by atoms with Crippen molar-refractivity contribution in [3.8, 4) is 5.75 Å². The van der Waals surface area contributed by atoms with E-state index in [4.69, 9.17) is 4.74 Å². The predicted molar refractivity (Wildman–Crippen MR) is 130 cm³/mol. The van der Waals surface area contributed by atoms with Crippen molar-refractivity contribution in [2.45, 2.75) is 39.0 Å². The first-order valence-corrected chi connectivity index (χ1v) is 11.5. The number of methoxy groups -OCH3 is 1. The van der Waals surface area contributed by atoms with Gasteiger partial charge in [0, 0.05) is 23.2 Å². The molecule has 168 valence electrons. The molecule has 0 aliphatic rings. The average molecular weight is 453 g/mol. The third-order valence-electron chi connectivity index (χ3n) is 4.78. The van der Waals surface area contributed by atoms with Gasteiger partial charge in [0.2, 0.25) is 5.91 Å². The lowest BCUT2D eigenvalue weighted by atomic mass is 10.1. The van der Waals surface area contributed by atoms with E-state index in [0.29, 0.717) is 29.4 Å². The number of aromatic nitrogens is 1. The van der Waals surface area contributed by atoms with Crippen molar-refractivity contribution in [3.63, 3.8) is 0 Å². The van der Waals surface area contributed by atoms with Crippen molar-refractivity contribution < 1.29 is 14.3 Å². The number of nitrogens with one attached hydrogen (secondary N) is 3. The number of unbranched alkanes of at least 4 members (excludes halogenated alkanes) is 1. The summed E-state index contributed by atoms with van der Waals surface area (Å²) in [6, 6.07) is 14.7. The maximum absolute atomic E-state index is 12.3. The first kappa shape index (κ1) is 23.3. The van der Waals surface area contributed by atoms with Crippen molar-refractivity contribution in [1.29, 1.82) is 0 Å². The van der Waals surface area contributed by atoms with Gasteiger partial charge in [-0.05, 0) is 61.2 Å². The number of benzene rings is 2. The topological polar surface area (TPSA) is 92.4 Å². The molecule has 1 aromatic heterocycles. The van der Waals surface area contributed by atoms with Gasteiger partial charge in [-0.15, -0.1) is 11.3 Å². The molecule has 0 fully saturated rings. The molecule has 0 bridgehead atoms. The Balaban J connectivity index is 1.42. The molecule has 2 aromatic carbocycles. The monoisotopic (exact) mass is 452 g/mol. The molecule has 3 amide bonds. The van der Waals surface area contributed by atoms with Crippen LogP contribution in [0.2, 0.25) is 0 Å². The lowest BCUT2D eigenvalue weighted by Gasteiger charge is -2.06. The summed E-state index contributed by atoms with van der Waals surface area (Å²) in [6.07, 6.45) is 4.21. The number of ether oxygens (including phenoxy) is 1. The predicted octanol–water partition coefficient (Wildman–Crippen LogP) is 5.71. The zero-order valence-corrected chi connectivity index (χ0v) is 19.1. The molecule has 1 heterocycles. The number of anilines is 3. The zero-order valence-electron chi connectivity index (χ0n) is 18.3. The molecule has 3 N–H and O–H groups in total. The number of aryl methyl sites for hydroxylation is 2. The Kier molecular flexibility index (Phi) is 8.62. The van der Waals surface area contributed by atoms with Crippen LogP contribution in [0.15, 0.2) is 53.9 Å². The number of amides is 3. The molecule has 3 aromatic rings. The number of carbonyl (C=O) groups excluding carboxylic acids is 2. The van der Waals surface area contributed by atoms with E-state index in [-0.39, 0.29) is 11.9 Å². The Morgan fingerprint density at radius 1 is 0.938 bits per heavy atom. The Morgan fingerprint density at radius 3 is 2.31 bits per heavy atom. The average Bonchev–Trinajstić information content (AvgIpc) is 3.25. The summed E-state index contributed by atoms with van der Waals surface area (Å²) in [5.74, 6) is 0.652. The molecule has 7 nitrogen and oxygen atoms in total. The number of urea groups is 1. The smallest absolute Gasteiger partial charge is 0.325 e. The van der Waals surface area contributed by atoms with Crippen LogP contribution in [-0.4, -0.2) is 24.0 Å². The maximum atomic E-state index is 12.3. The van der Waals surface area contributed by atoms with Crippen LogP contribution in [0.3, 0.4) is 0 Å². The Hall–Kier alpha value is -3.39. The van der Waals surface area contributed by atoms with Crippen molar-refractivity contribution in [2.75, 3.05) is 23.1 Å². The SMILES string of the molecule is CCCCc1ccc(NC(=O)CCc2csc(NC(=O)Nc3ccc(OC)cc3)n2)cc1. The van der Waals surface area contributed by atoms with E-state index in [1.165, 1.54) is 29.7 Å². The summed E-state index contributed by atoms with van der Waals surface area (Å²) in [7, 11) is 1.59. The second-order valence-corrected chi connectivity index (χ2v) is 8.16. The number of carbonyl (C=O) groups is 2. The Labute approximate surface area is 192 Å². The summed E-state index contributed by atoms with van der Waals surface area (Å²) in [4.78, 5) is 28.8. The van der Waals surface area contributed by atoms with Crippen LogP contribution in [0.5, 0.6) is 5.75 Å². The minimum atomic E-state index is -0.379. The molecule has 3 rings (SSSR count). The van der Waals surface area contributed by atoms with Crippen LogP contribution in [0.4, 0.5) is 21.3 Å². The molecule has 8 heteroatoms. The lowest BCUT2D eigenvalue weighted by Crippen LogP contribution is -2.19. The molecule has 32 heavy (non-hydrogen) atoms. The van der Waals surface area contributed by atoms with E-state index in [1.807, 2.05) is 17.5 Å². The van der Waals surface area contributed by atoms with Gasteiger partial charge in [0.1, 0.15) is 5.75 Å². The van der Waals surface area contributed by atoms with Crippen LogP contribution in [0.1, 0.15) is 37.4 Å². The van der Waals surface area contributed by atoms with Gasteiger partial charge in [-0.2, -0.15) is 0 Å². The fourth-order valence-electron chi connectivity index (χ4n) is 3.01. The van der Waals surface area contributed by atoms with Crippen molar-refractivity contribution in [3.05, 3.63) is 65.2 Å². The molecule has 0 aliphatic heterocycles. The second kappa shape index (κ2) is 11.9. The number of hydrogen-bond acceptors (Lipinski definition) is 5. The van der Waals surface area contributed by atoms with Gasteiger partial charge < -0.3 is 15.4 Å². The van der Waals surface area contributed by atoms with Crippen molar-refractivity contribution in [2.24, 2.45) is 0 Å². The van der Waals surface area contributed by atoms with Gasteiger partial charge >= 0.3 is 6.03 Å². The summed E-state index contributed by atoms with van der Waals surface area (Å²) >= 11 is 1.32. The van der Waals surface area contributed by atoms with E-state index in [0.717, 1.165) is 17.8 Å². The number of hydrogen-bond donors (Lipinski definition) is 3. The molecule has 0 unspecified atom stereocenters. The van der Waals surface area contributed by atoms with Crippen LogP contribution >= 0.6 is 11.3 Å². The highest BCUT2D eigenvalue weighted by atomic mass is 32.1. The molecular formula is C24H28N4O3S. The fourth-order valence-corrected chi connectivity index (χ4v) is 3.75. The summed E-state index contributed by atoms with van der Waals surface area (Å²) in [5.41, 5.74) is 3.49. The maximum Gasteiger partial charge on any atom is 0.325 e. The van der Waals surface area contributed by atoms with E-state index in [1.54, 1.807) is 31.4 Å². The van der Waals surface area contributed by atoms with Crippen LogP contribution < -0.4 is 20.7 Å². The molecule has 0 spiro atoms. The number of nitrogens with zero attached hydrogens (tertiary/aromatic N) is 1. The second-order valence-electron chi connectivity index (χ2n) is 7.30. The van der Waals surface area contributed by atoms with Gasteiger partial charge in [0.05, 0.1) is 12.8 Å². The van der Waals surface area contributed by atoms with Gasteiger partial charge in [-0.1, -0.05) is 25.5 Å². The van der Waals surface area contributed by atoms with Crippen LogP contribution in [-0.2, 0) is 17.6 Å². The lowest BCUT2D eigenvalue weighted by molar-refractivity contribution is -0.116. The zero-order chi connectivity index (χ0) is 22.8. The third kappa shape index (κ3) is 7.39. The molecule has 0 aliphatic carbocycles. The fraction of sp³-hybridized carbons (Fsp3) is 0.292. The van der Waals surface area contributed by atoms with E-state index in [2.05, 4.69) is 40.0 Å². The minimum Gasteiger partial charge on any atom is -0.497 e. The van der Waals surface area contributed by atoms with Gasteiger partial charge in [0.15, 0.2) is 5.13 Å². The Bertz CT molecular complexity index is 1020. The molecular weight excluding hydrogens is 424 g/mol. The third-order valence-corrected chi connectivity index (χ3v) is 5.59. The summed E-state index contributed by atoms with van der Waals surface area (Å²) in [5, 5.41) is 10.7. The standard InChI is InChI=1S/C24H28N4O3S/c1-3-4-5-17-6-8-18(9-7-17)25-22(29)15-12-20-16-32-24(27-20)28-23(30)26-19-10-13-21(31-2)14-11-19/h6-11,13-14,16H,3-5,12,15H2,1-2H3,(H,25,29)(H2,26,27,28,30). The highest BCUT2D eigenvalue weighted by Gasteiger charge is 2.09. The minimum absolute atomic E-state index is 0.0638. The number of thiazole rings is 1. The molecule has 0 saturated heterocycles. The molecule has 0 atom stereocenters. The summed E-state index contributed by atoms with van der Waals surface area (Å²) in [6.45, 7) is 2.17. The quantitative estimate of drug-likeness (QED) is 0.367.